The maximum Gasteiger partial charge on any atom is 0.228 e. The molecule has 1 aromatic carbocycles. The third-order valence-electron chi connectivity index (χ3n) is 6.62. The first-order valence-corrected chi connectivity index (χ1v) is 11.9. The maximum atomic E-state index is 13.2. The van der Waals surface area contributed by atoms with Crippen LogP contribution in [0.15, 0.2) is 42.7 Å². The van der Waals surface area contributed by atoms with Crippen LogP contribution in [-0.2, 0) is 29.0 Å². The molecular formula is C26H34N4O2. The highest BCUT2D eigenvalue weighted by Gasteiger charge is 2.35. The zero-order chi connectivity index (χ0) is 22.3. The fraction of sp³-hybridized carbons (Fsp3) is 0.500. The number of piperidine rings is 1. The molecule has 2 heterocycles. The Morgan fingerprint density at radius 3 is 2.56 bits per heavy atom. The Kier molecular flexibility index (Phi) is 7.53. The van der Waals surface area contributed by atoms with Gasteiger partial charge in [-0.15, -0.1) is 0 Å². The summed E-state index contributed by atoms with van der Waals surface area (Å²) in [6, 6.07) is 10.2. The first-order chi connectivity index (χ1) is 15.6. The number of amides is 2. The Morgan fingerprint density at radius 2 is 1.78 bits per heavy atom. The first-order valence-electron chi connectivity index (χ1n) is 11.9. The second-order valence-electron chi connectivity index (χ2n) is 9.15. The van der Waals surface area contributed by atoms with Gasteiger partial charge in [0.2, 0.25) is 11.8 Å². The van der Waals surface area contributed by atoms with E-state index >= 15 is 0 Å². The minimum Gasteiger partial charge on any atom is -0.356 e. The van der Waals surface area contributed by atoms with Crippen LogP contribution in [0.1, 0.15) is 49.3 Å². The summed E-state index contributed by atoms with van der Waals surface area (Å²) in [5.41, 5.74) is 4.75. The highest BCUT2D eigenvalue weighted by molar-refractivity contribution is 5.93. The van der Waals surface area contributed by atoms with E-state index in [4.69, 9.17) is 0 Å². The van der Waals surface area contributed by atoms with Gasteiger partial charge in [0.25, 0.3) is 0 Å². The molecule has 2 N–H and O–H groups in total. The number of benzene rings is 1. The summed E-state index contributed by atoms with van der Waals surface area (Å²) >= 11 is 0. The Hall–Kier alpha value is -2.73. The van der Waals surface area contributed by atoms with Gasteiger partial charge < -0.3 is 10.6 Å². The van der Waals surface area contributed by atoms with Crippen molar-refractivity contribution in [3.8, 4) is 0 Å². The maximum absolute atomic E-state index is 13.2. The second-order valence-corrected chi connectivity index (χ2v) is 9.15. The van der Waals surface area contributed by atoms with Gasteiger partial charge in [0.1, 0.15) is 0 Å². The van der Waals surface area contributed by atoms with E-state index < -0.39 is 0 Å². The number of likely N-dealkylation sites (tertiary alicyclic amines) is 1. The van der Waals surface area contributed by atoms with Crippen molar-refractivity contribution in [2.24, 2.45) is 11.8 Å². The van der Waals surface area contributed by atoms with Crippen molar-refractivity contribution >= 4 is 17.5 Å². The van der Waals surface area contributed by atoms with Crippen LogP contribution in [0.4, 0.5) is 5.69 Å². The summed E-state index contributed by atoms with van der Waals surface area (Å²) in [6.07, 6.45) is 9.58. The zero-order valence-corrected chi connectivity index (χ0v) is 19.0. The van der Waals surface area contributed by atoms with E-state index in [9.17, 15) is 9.59 Å². The lowest BCUT2D eigenvalue weighted by Crippen LogP contribution is -2.49. The highest BCUT2D eigenvalue weighted by atomic mass is 16.2. The lowest BCUT2D eigenvalue weighted by molar-refractivity contribution is -0.130. The van der Waals surface area contributed by atoms with Crippen LogP contribution in [0.2, 0.25) is 0 Å². The molecule has 0 unspecified atom stereocenters. The predicted molar refractivity (Wildman–Crippen MR) is 126 cm³/mol. The number of carbonyl (C=O) groups is 2. The van der Waals surface area contributed by atoms with Gasteiger partial charge >= 0.3 is 0 Å². The van der Waals surface area contributed by atoms with Crippen LogP contribution in [0.25, 0.3) is 0 Å². The Balaban J connectivity index is 1.44. The van der Waals surface area contributed by atoms with E-state index in [2.05, 4.69) is 39.6 Å². The SMILES string of the molecule is CCCCNC(=O)[C@H]1C[C@@H](C(=O)Nc2ccc3c(c2)CCC3)CN(Cc2ccncc2)C1. The number of rotatable bonds is 8. The van der Waals surface area contributed by atoms with Crippen molar-refractivity contribution < 1.29 is 9.59 Å². The average molecular weight is 435 g/mol. The van der Waals surface area contributed by atoms with Gasteiger partial charge in [-0.25, -0.2) is 0 Å². The van der Waals surface area contributed by atoms with Crippen molar-refractivity contribution in [2.45, 2.75) is 52.0 Å². The summed E-state index contributed by atoms with van der Waals surface area (Å²) < 4.78 is 0. The number of hydrogen-bond acceptors (Lipinski definition) is 4. The van der Waals surface area contributed by atoms with Gasteiger partial charge in [-0.05, 0) is 73.1 Å². The molecular weight excluding hydrogens is 400 g/mol. The van der Waals surface area contributed by atoms with E-state index in [-0.39, 0.29) is 23.7 Å². The Morgan fingerprint density at radius 1 is 1.03 bits per heavy atom. The Labute approximate surface area is 190 Å². The zero-order valence-electron chi connectivity index (χ0n) is 19.0. The number of fused-ring (bicyclic) bond motifs is 1. The molecule has 0 bridgehead atoms. The van der Waals surface area contributed by atoms with Gasteiger partial charge in [-0.2, -0.15) is 0 Å². The molecule has 1 aliphatic heterocycles. The molecule has 1 saturated heterocycles. The number of hydrogen-bond donors (Lipinski definition) is 2. The van der Waals surface area contributed by atoms with Gasteiger partial charge in [0.15, 0.2) is 0 Å². The molecule has 0 spiro atoms. The molecule has 0 radical (unpaired) electrons. The van der Waals surface area contributed by atoms with E-state index in [1.807, 2.05) is 18.2 Å². The number of aryl methyl sites for hydroxylation is 2. The number of unbranched alkanes of at least 4 members (excludes halogenated alkanes) is 1. The van der Waals surface area contributed by atoms with Crippen LogP contribution in [-0.4, -0.2) is 41.3 Å². The van der Waals surface area contributed by atoms with Crippen LogP contribution >= 0.6 is 0 Å². The largest absolute Gasteiger partial charge is 0.356 e. The van der Waals surface area contributed by atoms with Gasteiger partial charge in [-0.1, -0.05) is 19.4 Å². The normalized spacial score (nSPS) is 20.5. The summed E-state index contributed by atoms with van der Waals surface area (Å²) in [7, 11) is 0. The van der Waals surface area contributed by atoms with Crippen molar-refractivity contribution in [1.82, 2.24) is 15.2 Å². The highest BCUT2D eigenvalue weighted by Crippen LogP contribution is 2.28. The number of pyridine rings is 1. The lowest BCUT2D eigenvalue weighted by Gasteiger charge is -2.36. The molecule has 32 heavy (non-hydrogen) atoms. The van der Waals surface area contributed by atoms with E-state index in [0.717, 1.165) is 36.9 Å². The van der Waals surface area contributed by atoms with E-state index in [1.54, 1.807) is 12.4 Å². The van der Waals surface area contributed by atoms with E-state index in [0.29, 0.717) is 32.6 Å². The molecule has 170 valence electrons. The molecule has 2 aliphatic rings. The molecule has 1 fully saturated rings. The molecule has 0 saturated carbocycles. The van der Waals surface area contributed by atoms with Gasteiger partial charge in [0, 0.05) is 44.3 Å². The lowest BCUT2D eigenvalue weighted by atomic mass is 9.87. The van der Waals surface area contributed by atoms with Crippen LogP contribution in [0.3, 0.4) is 0 Å². The van der Waals surface area contributed by atoms with Crippen LogP contribution in [0, 0.1) is 11.8 Å². The summed E-state index contributed by atoms with van der Waals surface area (Å²) in [5, 5.41) is 6.20. The summed E-state index contributed by atoms with van der Waals surface area (Å²) in [4.78, 5) is 32.4. The third-order valence-corrected chi connectivity index (χ3v) is 6.62. The third kappa shape index (κ3) is 5.74. The van der Waals surface area contributed by atoms with Crippen molar-refractivity contribution in [1.29, 1.82) is 0 Å². The molecule has 6 heteroatoms. The molecule has 2 aromatic rings. The second kappa shape index (κ2) is 10.7. The molecule has 4 rings (SSSR count). The number of nitrogens with one attached hydrogen (secondary N) is 2. The van der Waals surface area contributed by atoms with Crippen molar-refractivity contribution in [3.63, 3.8) is 0 Å². The molecule has 2 atom stereocenters. The van der Waals surface area contributed by atoms with Gasteiger partial charge in [0.05, 0.1) is 11.8 Å². The summed E-state index contributed by atoms with van der Waals surface area (Å²) in [6.45, 7) is 4.84. The number of nitrogens with zero attached hydrogens (tertiary/aromatic N) is 2. The summed E-state index contributed by atoms with van der Waals surface area (Å²) in [5.74, 6) is -0.332. The number of aromatic nitrogens is 1. The molecule has 1 aliphatic carbocycles. The average Bonchev–Trinajstić information content (AvgIpc) is 3.27. The minimum atomic E-state index is -0.222. The monoisotopic (exact) mass is 434 g/mol. The molecule has 1 aromatic heterocycles. The van der Waals surface area contributed by atoms with Crippen LogP contribution < -0.4 is 10.6 Å². The van der Waals surface area contributed by atoms with Crippen molar-refractivity contribution in [3.05, 3.63) is 59.4 Å². The molecule has 6 nitrogen and oxygen atoms in total. The number of anilines is 1. The fourth-order valence-electron chi connectivity index (χ4n) is 4.87. The Bertz CT molecular complexity index is 931. The van der Waals surface area contributed by atoms with Crippen molar-refractivity contribution in [2.75, 3.05) is 25.0 Å². The van der Waals surface area contributed by atoms with Gasteiger partial charge in [-0.3, -0.25) is 19.5 Å². The topological polar surface area (TPSA) is 74.3 Å². The molecule has 2 amide bonds. The minimum absolute atomic E-state index is 0.00809. The quantitative estimate of drug-likeness (QED) is 0.623. The standard InChI is InChI=1S/C26H34N4O2/c1-2-3-11-28-25(31)22-14-23(18-30(17-22)16-19-9-12-27-13-10-19)26(32)29-24-8-7-20-5-4-6-21(20)15-24/h7-10,12-13,15,22-23H,2-6,11,14,16-18H2,1H3,(H,28,31)(H,29,32)/t22-,23+/m0/s1. The van der Waals surface area contributed by atoms with E-state index in [1.165, 1.54) is 17.5 Å². The fourth-order valence-corrected chi connectivity index (χ4v) is 4.87. The predicted octanol–water partition coefficient (Wildman–Crippen LogP) is 3.56. The smallest absolute Gasteiger partial charge is 0.228 e. The first kappa shape index (κ1) is 22.5. The number of carbonyl (C=O) groups excluding carboxylic acids is 2. The van der Waals surface area contributed by atoms with Crippen LogP contribution in [0.5, 0.6) is 0 Å².